The zero-order chi connectivity index (χ0) is 17.3. The lowest BCUT2D eigenvalue weighted by atomic mass is 10.1. The van der Waals surface area contributed by atoms with Crippen LogP contribution in [0.5, 0.6) is 5.75 Å². The van der Waals surface area contributed by atoms with Crippen molar-refractivity contribution in [1.29, 1.82) is 0 Å². The van der Waals surface area contributed by atoms with E-state index in [9.17, 15) is 17.8 Å². The van der Waals surface area contributed by atoms with E-state index in [2.05, 4.69) is 4.74 Å². The number of methoxy groups -OCH3 is 1. The SMILES string of the molecule is COC(=O)c1cc2c(cc1F)OCCN2S(=O)c1ccc(F)cc1. The van der Waals surface area contributed by atoms with E-state index < -0.39 is 28.6 Å². The summed E-state index contributed by atoms with van der Waals surface area (Å²) in [5, 5.41) is 0. The maximum atomic E-state index is 14.0. The molecule has 1 aliphatic heterocycles. The van der Waals surface area contributed by atoms with Gasteiger partial charge in [0, 0.05) is 6.07 Å². The molecule has 2 aromatic rings. The van der Waals surface area contributed by atoms with E-state index in [1.54, 1.807) is 0 Å². The highest BCUT2D eigenvalue weighted by Crippen LogP contribution is 2.36. The molecular weight excluding hydrogens is 340 g/mol. The second-order valence-corrected chi connectivity index (χ2v) is 6.36. The lowest BCUT2D eigenvalue weighted by molar-refractivity contribution is 0.0595. The fourth-order valence-electron chi connectivity index (χ4n) is 2.33. The van der Waals surface area contributed by atoms with Crippen LogP contribution in [0, 0.1) is 11.6 Å². The van der Waals surface area contributed by atoms with Gasteiger partial charge in [-0.3, -0.25) is 4.31 Å². The molecule has 24 heavy (non-hydrogen) atoms. The van der Waals surface area contributed by atoms with Crippen molar-refractivity contribution in [2.75, 3.05) is 24.6 Å². The van der Waals surface area contributed by atoms with E-state index in [0.29, 0.717) is 10.6 Å². The quantitative estimate of drug-likeness (QED) is 0.796. The Morgan fingerprint density at radius 1 is 1.25 bits per heavy atom. The van der Waals surface area contributed by atoms with Gasteiger partial charge in [-0.25, -0.2) is 17.8 Å². The first-order valence-corrected chi connectivity index (χ1v) is 8.11. The number of hydrogen-bond donors (Lipinski definition) is 0. The van der Waals surface area contributed by atoms with Gasteiger partial charge < -0.3 is 9.47 Å². The Bertz CT molecular complexity index is 810. The molecule has 0 N–H and O–H groups in total. The number of benzene rings is 2. The first kappa shape index (κ1) is 16.4. The van der Waals surface area contributed by atoms with Gasteiger partial charge in [0.25, 0.3) is 0 Å². The number of anilines is 1. The number of esters is 1. The van der Waals surface area contributed by atoms with Gasteiger partial charge >= 0.3 is 5.97 Å². The summed E-state index contributed by atoms with van der Waals surface area (Å²) in [6, 6.07) is 7.54. The highest BCUT2D eigenvalue weighted by molar-refractivity contribution is 7.86. The third kappa shape index (κ3) is 2.96. The molecule has 1 aliphatic rings. The zero-order valence-corrected chi connectivity index (χ0v) is 13.4. The van der Waals surface area contributed by atoms with Crippen molar-refractivity contribution in [3.05, 3.63) is 53.6 Å². The Hall–Kier alpha value is -2.48. The Morgan fingerprint density at radius 3 is 2.62 bits per heavy atom. The van der Waals surface area contributed by atoms with Crippen molar-refractivity contribution >= 4 is 22.6 Å². The summed E-state index contributed by atoms with van der Waals surface area (Å²) in [5.74, 6) is -1.88. The predicted octanol–water partition coefficient (Wildman–Crippen LogP) is 2.67. The lowest BCUT2D eigenvalue weighted by Gasteiger charge is -2.30. The summed E-state index contributed by atoms with van der Waals surface area (Å²) in [4.78, 5) is 12.0. The second-order valence-electron chi connectivity index (χ2n) is 4.95. The van der Waals surface area contributed by atoms with Gasteiger partial charge in [0.05, 0.1) is 29.8 Å². The van der Waals surface area contributed by atoms with Crippen LogP contribution in [0.15, 0.2) is 41.3 Å². The molecule has 0 spiro atoms. The van der Waals surface area contributed by atoms with Crippen molar-refractivity contribution in [3.8, 4) is 5.75 Å². The standard InChI is InChI=1S/C16H13F2NO4S/c1-22-16(20)12-8-14-15(9-13(12)18)23-7-6-19(14)24(21)11-4-2-10(17)3-5-11/h2-5,8-9H,6-7H2,1H3. The van der Waals surface area contributed by atoms with Crippen LogP contribution in [0.4, 0.5) is 14.5 Å². The van der Waals surface area contributed by atoms with E-state index >= 15 is 0 Å². The van der Waals surface area contributed by atoms with Gasteiger partial charge in [-0.15, -0.1) is 0 Å². The smallest absolute Gasteiger partial charge is 0.340 e. The van der Waals surface area contributed by atoms with E-state index in [-0.39, 0.29) is 24.5 Å². The molecule has 0 amide bonds. The molecule has 0 bridgehead atoms. The van der Waals surface area contributed by atoms with Gasteiger partial charge in [0.2, 0.25) is 0 Å². The van der Waals surface area contributed by atoms with E-state index in [4.69, 9.17) is 4.74 Å². The molecule has 3 rings (SSSR count). The molecule has 2 aromatic carbocycles. The van der Waals surface area contributed by atoms with E-state index in [1.165, 1.54) is 34.6 Å². The third-order valence-corrected chi connectivity index (χ3v) is 4.95. The maximum absolute atomic E-state index is 14.0. The van der Waals surface area contributed by atoms with Crippen LogP contribution >= 0.6 is 0 Å². The number of carbonyl (C=O) groups excluding carboxylic acids is 1. The minimum Gasteiger partial charge on any atom is -0.489 e. The molecule has 126 valence electrons. The van der Waals surface area contributed by atoms with Gasteiger partial charge in [0.1, 0.15) is 24.0 Å². The molecular formula is C16H13F2NO4S. The highest BCUT2D eigenvalue weighted by atomic mass is 32.2. The van der Waals surface area contributed by atoms with Crippen LogP contribution in [-0.2, 0) is 15.7 Å². The summed E-state index contributed by atoms with van der Waals surface area (Å²) in [7, 11) is -0.512. The maximum Gasteiger partial charge on any atom is 0.340 e. The van der Waals surface area contributed by atoms with Gasteiger partial charge in [-0.1, -0.05) is 0 Å². The molecule has 0 aliphatic carbocycles. The van der Waals surface area contributed by atoms with Crippen molar-refractivity contribution in [2.24, 2.45) is 0 Å². The highest BCUT2D eigenvalue weighted by Gasteiger charge is 2.27. The third-order valence-electron chi connectivity index (χ3n) is 3.49. The first-order valence-electron chi connectivity index (χ1n) is 7.01. The summed E-state index contributed by atoms with van der Waals surface area (Å²) in [5.41, 5.74) is 0.0357. The Morgan fingerprint density at radius 2 is 1.96 bits per heavy atom. The van der Waals surface area contributed by atoms with Gasteiger partial charge in [-0.05, 0) is 30.3 Å². The number of ether oxygens (including phenoxy) is 2. The monoisotopic (exact) mass is 353 g/mol. The van der Waals surface area contributed by atoms with Crippen molar-refractivity contribution in [3.63, 3.8) is 0 Å². The summed E-state index contributed by atoms with van der Waals surface area (Å²) < 4.78 is 51.2. The van der Waals surface area contributed by atoms with Crippen LogP contribution in [0.25, 0.3) is 0 Å². The molecule has 8 heteroatoms. The largest absolute Gasteiger partial charge is 0.489 e. The van der Waals surface area contributed by atoms with Crippen LogP contribution in [0.2, 0.25) is 0 Å². The summed E-state index contributed by atoms with van der Waals surface area (Å²) in [6.45, 7) is 0.472. The first-order chi connectivity index (χ1) is 11.5. The van der Waals surface area contributed by atoms with Crippen molar-refractivity contribution < 1.29 is 27.3 Å². The molecule has 1 atom stereocenters. The number of halogens is 2. The Balaban J connectivity index is 2.02. The number of carbonyl (C=O) groups is 1. The Labute approximate surface area is 139 Å². The topological polar surface area (TPSA) is 55.8 Å². The number of nitrogens with zero attached hydrogens (tertiary/aromatic N) is 1. The molecule has 1 heterocycles. The predicted molar refractivity (Wildman–Crippen MR) is 83.4 cm³/mol. The van der Waals surface area contributed by atoms with Crippen molar-refractivity contribution in [1.82, 2.24) is 0 Å². The van der Waals surface area contributed by atoms with E-state index in [1.807, 2.05) is 0 Å². The van der Waals surface area contributed by atoms with Crippen LogP contribution in [0.3, 0.4) is 0 Å². The summed E-state index contributed by atoms with van der Waals surface area (Å²) in [6.07, 6.45) is 0. The molecule has 0 saturated carbocycles. The second kappa shape index (κ2) is 6.56. The number of rotatable bonds is 3. The lowest BCUT2D eigenvalue weighted by Crippen LogP contribution is -2.34. The van der Waals surface area contributed by atoms with Crippen LogP contribution in [0.1, 0.15) is 10.4 Å². The average molecular weight is 353 g/mol. The molecule has 0 radical (unpaired) electrons. The Kier molecular flexibility index (Phi) is 4.48. The van der Waals surface area contributed by atoms with Crippen LogP contribution in [-0.4, -0.2) is 30.4 Å². The minimum absolute atomic E-state index is 0.182. The molecule has 0 fully saturated rings. The number of hydrogen-bond acceptors (Lipinski definition) is 4. The normalized spacial score (nSPS) is 14.5. The molecule has 1 unspecified atom stereocenters. The minimum atomic E-state index is -1.66. The van der Waals surface area contributed by atoms with Crippen LogP contribution < -0.4 is 9.04 Å². The fraction of sp³-hybridized carbons (Fsp3) is 0.188. The zero-order valence-electron chi connectivity index (χ0n) is 12.6. The average Bonchev–Trinajstić information content (AvgIpc) is 2.60. The number of fused-ring (bicyclic) bond motifs is 1. The summed E-state index contributed by atoms with van der Waals surface area (Å²) >= 11 is 0. The molecule has 0 saturated heterocycles. The van der Waals surface area contributed by atoms with Gasteiger partial charge in [-0.2, -0.15) is 0 Å². The fourth-order valence-corrected chi connectivity index (χ4v) is 3.51. The van der Waals surface area contributed by atoms with Crippen molar-refractivity contribution in [2.45, 2.75) is 4.90 Å². The molecule has 5 nitrogen and oxygen atoms in total. The van der Waals surface area contributed by atoms with Gasteiger partial charge in [0.15, 0.2) is 11.0 Å². The van der Waals surface area contributed by atoms with E-state index in [0.717, 1.165) is 13.2 Å². The molecule has 0 aromatic heterocycles.